The highest BCUT2D eigenvalue weighted by Crippen LogP contribution is 2.31. The molecule has 4 heteroatoms. The van der Waals surface area contributed by atoms with Gasteiger partial charge in [0.05, 0.1) is 0 Å². The van der Waals surface area contributed by atoms with Crippen LogP contribution in [0, 0.1) is 0 Å². The van der Waals surface area contributed by atoms with E-state index in [0.717, 1.165) is 19.6 Å². The summed E-state index contributed by atoms with van der Waals surface area (Å²) in [6, 6.07) is 2.15. The molecule has 2 nitrogen and oxygen atoms in total. The van der Waals surface area contributed by atoms with Crippen LogP contribution < -0.4 is 5.32 Å². The van der Waals surface area contributed by atoms with Gasteiger partial charge in [-0.25, -0.2) is 0 Å². The molecule has 1 aliphatic rings. The fraction of sp³-hybridized carbons (Fsp3) is 0.714. The summed E-state index contributed by atoms with van der Waals surface area (Å²) < 4.78 is 1.25. The molecule has 2 heterocycles. The third-order valence-electron chi connectivity index (χ3n) is 4.15. The van der Waals surface area contributed by atoms with Crippen molar-refractivity contribution >= 4 is 27.3 Å². The van der Waals surface area contributed by atoms with Gasteiger partial charge in [0.25, 0.3) is 0 Å². The second kappa shape index (κ2) is 5.23. The van der Waals surface area contributed by atoms with Gasteiger partial charge in [0.2, 0.25) is 0 Å². The summed E-state index contributed by atoms with van der Waals surface area (Å²) in [5.41, 5.74) is 0.470. The number of hydrogen-bond donors (Lipinski definition) is 1. The number of rotatable bonds is 3. The Balaban J connectivity index is 2.15. The van der Waals surface area contributed by atoms with Gasteiger partial charge in [0, 0.05) is 40.1 Å². The van der Waals surface area contributed by atoms with Gasteiger partial charge in [-0.1, -0.05) is 6.92 Å². The Morgan fingerprint density at radius 2 is 2.17 bits per heavy atom. The third-order valence-corrected chi connectivity index (χ3v) is 6.06. The number of nitrogens with one attached hydrogen (secondary N) is 1. The van der Waals surface area contributed by atoms with Gasteiger partial charge < -0.3 is 5.32 Å². The van der Waals surface area contributed by atoms with Crippen molar-refractivity contribution in [1.29, 1.82) is 0 Å². The highest BCUT2D eigenvalue weighted by atomic mass is 79.9. The van der Waals surface area contributed by atoms with E-state index in [-0.39, 0.29) is 11.1 Å². The predicted molar refractivity (Wildman–Crippen MR) is 83.2 cm³/mol. The molecule has 18 heavy (non-hydrogen) atoms. The van der Waals surface area contributed by atoms with Crippen molar-refractivity contribution in [2.45, 2.75) is 51.7 Å². The zero-order chi connectivity index (χ0) is 13.4. The molecule has 1 aliphatic heterocycles. The molecule has 0 bridgehead atoms. The van der Waals surface area contributed by atoms with Crippen LogP contribution in [0.2, 0.25) is 0 Å². The minimum Gasteiger partial charge on any atom is -0.308 e. The van der Waals surface area contributed by atoms with E-state index >= 15 is 0 Å². The van der Waals surface area contributed by atoms with Gasteiger partial charge in [0.1, 0.15) is 0 Å². The Morgan fingerprint density at radius 1 is 1.44 bits per heavy atom. The van der Waals surface area contributed by atoms with Crippen LogP contribution in [0.3, 0.4) is 0 Å². The van der Waals surface area contributed by atoms with Gasteiger partial charge in [-0.3, -0.25) is 4.90 Å². The molecular weight excluding hydrogens is 308 g/mol. The first-order valence-electron chi connectivity index (χ1n) is 6.58. The molecule has 0 radical (unpaired) electrons. The smallest absolute Gasteiger partial charge is 0.0345 e. The van der Waals surface area contributed by atoms with E-state index in [9.17, 15) is 0 Å². The Bertz CT molecular complexity index is 416. The number of hydrogen-bond acceptors (Lipinski definition) is 3. The van der Waals surface area contributed by atoms with Crippen LogP contribution in [0.4, 0.5) is 0 Å². The molecule has 0 saturated carbocycles. The first kappa shape index (κ1) is 14.5. The lowest BCUT2D eigenvalue weighted by atomic mass is 9.88. The van der Waals surface area contributed by atoms with E-state index < -0.39 is 0 Å². The van der Waals surface area contributed by atoms with Crippen molar-refractivity contribution in [3.63, 3.8) is 0 Å². The Morgan fingerprint density at radius 3 is 2.72 bits per heavy atom. The molecule has 102 valence electrons. The predicted octanol–water partition coefficient (Wildman–Crippen LogP) is 3.86. The molecule has 1 atom stereocenters. The van der Waals surface area contributed by atoms with E-state index in [0.29, 0.717) is 0 Å². The highest BCUT2D eigenvalue weighted by molar-refractivity contribution is 9.10. The monoisotopic (exact) mass is 330 g/mol. The molecule has 0 spiro atoms. The first-order chi connectivity index (χ1) is 8.36. The van der Waals surface area contributed by atoms with E-state index in [4.69, 9.17) is 0 Å². The van der Waals surface area contributed by atoms with Crippen LogP contribution >= 0.6 is 27.3 Å². The maximum absolute atomic E-state index is 3.71. The summed E-state index contributed by atoms with van der Waals surface area (Å²) in [6.45, 7) is 12.5. The van der Waals surface area contributed by atoms with E-state index in [1.807, 2.05) is 11.3 Å². The molecule has 1 fully saturated rings. The Kier molecular flexibility index (Phi) is 4.22. The second-order valence-electron chi connectivity index (χ2n) is 6.13. The number of piperazine rings is 1. The third kappa shape index (κ3) is 2.98. The molecular formula is C14H23BrN2S. The number of nitrogens with zero attached hydrogens (tertiary/aromatic N) is 1. The van der Waals surface area contributed by atoms with Gasteiger partial charge >= 0.3 is 0 Å². The maximum Gasteiger partial charge on any atom is 0.0345 e. The average molecular weight is 331 g/mol. The fourth-order valence-corrected chi connectivity index (χ4v) is 3.84. The minimum absolute atomic E-state index is 0.220. The topological polar surface area (TPSA) is 15.3 Å². The van der Waals surface area contributed by atoms with E-state index in [1.165, 1.54) is 15.8 Å². The summed E-state index contributed by atoms with van der Waals surface area (Å²) in [4.78, 5) is 4.05. The van der Waals surface area contributed by atoms with Crippen LogP contribution in [-0.2, 0) is 6.54 Å². The van der Waals surface area contributed by atoms with Crippen LogP contribution in [0.15, 0.2) is 15.9 Å². The van der Waals surface area contributed by atoms with Crippen molar-refractivity contribution in [2.24, 2.45) is 0 Å². The molecule has 1 N–H and O–H groups in total. The van der Waals surface area contributed by atoms with Crippen LogP contribution in [0.1, 0.15) is 39.0 Å². The van der Waals surface area contributed by atoms with Crippen molar-refractivity contribution in [2.75, 3.05) is 13.1 Å². The number of halogens is 1. The number of thiophene rings is 1. The molecule has 1 aromatic heterocycles. The molecule has 2 rings (SSSR count). The van der Waals surface area contributed by atoms with Crippen LogP contribution in [0.25, 0.3) is 0 Å². The first-order valence-corrected chi connectivity index (χ1v) is 8.25. The quantitative estimate of drug-likeness (QED) is 0.905. The molecule has 0 aliphatic carbocycles. The second-order valence-corrected chi connectivity index (χ2v) is 7.98. The van der Waals surface area contributed by atoms with Crippen molar-refractivity contribution in [1.82, 2.24) is 10.2 Å². The van der Waals surface area contributed by atoms with Gasteiger partial charge in [-0.15, -0.1) is 11.3 Å². The highest BCUT2D eigenvalue weighted by Gasteiger charge is 2.39. The van der Waals surface area contributed by atoms with Crippen molar-refractivity contribution in [3.8, 4) is 0 Å². The molecule has 1 unspecified atom stereocenters. The van der Waals surface area contributed by atoms with Crippen molar-refractivity contribution < 1.29 is 0 Å². The van der Waals surface area contributed by atoms with Gasteiger partial charge in [0.15, 0.2) is 0 Å². The largest absolute Gasteiger partial charge is 0.308 e. The van der Waals surface area contributed by atoms with Crippen molar-refractivity contribution in [3.05, 3.63) is 20.8 Å². The van der Waals surface area contributed by atoms with Gasteiger partial charge in [-0.05, 0) is 54.6 Å². The lowest BCUT2D eigenvalue weighted by Crippen LogP contribution is -2.66. The zero-order valence-corrected chi connectivity index (χ0v) is 14.1. The maximum atomic E-state index is 3.71. The van der Waals surface area contributed by atoms with Gasteiger partial charge in [-0.2, -0.15) is 0 Å². The summed E-state index contributed by atoms with van der Waals surface area (Å²) in [5.74, 6) is 0. The standard InChI is InChI=1S/C14H23BrN2S/c1-5-14(4)10-17(13(2,3)9-16-14)8-12-11(15)6-7-18-12/h6-7,16H,5,8-10H2,1-4H3. The molecule has 0 amide bonds. The van der Waals surface area contributed by atoms with Crippen LogP contribution in [0.5, 0.6) is 0 Å². The summed E-state index contributed by atoms with van der Waals surface area (Å²) in [5, 5.41) is 5.87. The summed E-state index contributed by atoms with van der Waals surface area (Å²) in [7, 11) is 0. The minimum atomic E-state index is 0.220. The van der Waals surface area contributed by atoms with E-state index in [2.05, 4.69) is 65.3 Å². The molecule has 1 saturated heterocycles. The summed E-state index contributed by atoms with van der Waals surface area (Å²) in [6.07, 6.45) is 1.17. The fourth-order valence-electron chi connectivity index (χ4n) is 2.35. The Hall–Kier alpha value is 0.1000. The zero-order valence-electron chi connectivity index (χ0n) is 11.7. The molecule has 0 aromatic carbocycles. The van der Waals surface area contributed by atoms with Crippen LogP contribution in [-0.4, -0.2) is 29.1 Å². The summed E-state index contributed by atoms with van der Waals surface area (Å²) >= 11 is 5.49. The lowest BCUT2D eigenvalue weighted by Gasteiger charge is -2.50. The normalized spacial score (nSPS) is 28.5. The van der Waals surface area contributed by atoms with E-state index in [1.54, 1.807) is 0 Å². The average Bonchev–Trinajstić information content (AvgIpc) is 2.71. The molecule has 1 aromatic rings. The Labute approximate surface area is 123 Å². The lowest BCUT2D eigenvalue weighted by molar-refractivity contribution is 0.0252. The SMILES string of the molecule is CCC1(C)CN(Cc2sccc2Br)C(C)(C)CN1.